The Morgan fingerprint density at radius 1 is 1.09 bits per heavy atom. The lowest BCUT2D eigenvalue weighted by Gasteiger charge is -2.00. The van der Waals surface area contributed by atoms with Crippen molar-refractivity contribution < 1.29 is 22.0 Å². The second-order valence-electron chi connectivity index (χ2n) is 5.46. The standard InChI is InChI=1S/C17H17NO4S/c1-13-18(10-5-11-23(19,20)21)16-12-15(8-9-17(16)22-13)14-6-3-2-4-7-14/h2-4,6-9,12H,5,10-11H2,1H3/p+1. The molecule has 0 amide bonds. The first-order valence-corrected chi connectivity index (χ1v) is 8.98. The summed E-state index contributed by atoms with van der Waals surface area (Å²) in [6, 6.07) is 16.0. The van der Waals surface area contributed by atoms with Crippen molar-refractivity contribution in [2.45, 2.75) is 19.9 Å². The summed E-state index contributed by atoms with van der Waals surface area (Å²) in [4.78, 5) is 0. The smallest absolute Gasteiger partial charge is 0.344 e. The molecule has 1 aromatic heterocycles. The molecule has 0 unspecified atom stereocenters. The van der Waals surface area contributed by atoms with Crippen molar-refractivity contribution in [3.8, 4) is 11.1 Å². The van der Waals surface area contributed by atoms with Crippen molar-refractivity contribution in [2.24, 2.45) is 0 Å². The fourth-order valence-corrected chi connectivity index (χ4v) is 3.19. The highest BCUT2D eigenvalue weighted by Gasteiger charge is 2.20. The van der Waals surface area contributed by atoms with Gasteiger partial charge in [-0.2, -0.15) is 13.0 Å². The van der Waals surface area contributed by atoms with Gasteiger partial charge < -0.3 is 4.42 Å². The Labute approximate surface area is 134 Å². The van der Waals surface area contributed by atoms with Gasteiger partial charge in [0.05, 0.1) is 12.7 Å². The number of hydrogen-bond donors (Lipinski definition) is 1. The maximum absolute atomic E-state index is 10.9. The Hall–Kier alpha value is -2.18. The van der Waals surface area contributed by atoms with Gasteiger partial charge in [0.1, 0.15) is 0 Å². The van der Waals surface area contributed by atoms with Crippen molar-refractivity contribution in [2.75, 3.05) is 5.75 Å². The Morgan fingerprint density at radius 3 is 2.52 bits per heavy atom. The molecule has 3 aromatic rings. The number of rotatable bonds is 5. The van der Waals surface area contributed by atoms with Gasteiger partial charge in [-0.3, -0.25) is 4.55 Å². The molecule has 0 aliphatic rings. The summed E-state index contributed by atoms with van der Waals surface area (Å²) in [5, 5.41) is 0. The number of hydrogen-bond acceptors (Lipinski definition) is 3. The monoisotopic (exact) mass is 332 g/mol. The van der Waals surface area contributed by atoms with E-state index >= 15 is 0 Å². The lowest BCUT2D eigenvalue weighted by atomic mass is 10.1. The highest BCUT2D eigenvalue weighted by Crippen LogP contribution is 2.23. The van der Waals surface area contributed by atoms with Crippen LogP contribution in [0.1, 0.15) is 12.3 Å². The second-order valence-corrected chi connectivity index (χ2v) is 7.03. The zero-order valence-corrected chi connectivity index (χ0v) is 13.6. The molecule has 1 heterocycles. The summed E-state index contributed by atoms with van der Waals surface area (Å²) >= 11 is 0. The maximum atomic E-state index is 10.9. The molecule has 1 N–H and O–H groups in total. The van der Waals surface area contributed by atoms with Crippen LogP contribution in [0.4, 0.5) is 0 Å². The molecule has 0 atom stereocenters. The normalized spacial score (nSPS) is 11.9. The number of aryl methyl sites for hydroxylation is 2. The van der Waals surface area contributed by atoms with Crippen LogP contribution in [-0.4, -0.2) is 18.7 Å². The molecule has 120 valence electrons. The van der Waals surface area contributed by atoms with Crippen molar-refractivity contribution >= 4 is 21.2 Å². The van der Waals surface area contributed by atoms with Gasteiger partial charge in [-0.15, -0.1) is 0 Å². The van der Waals surface area contributed by atoms with E-state index in [1.807, 2.05) is 60.0 Å². The fourth-order valence-electron chi connectivity index (χ4n) is 2.69. The van der Waals surface area contributed by atoms with E-state index in [-0.39, 0.29) is 5.75 Å². The number of fused-ring (bicyclic) bond motifs is 1. The van der Waals surface area contributed by atoms with Crippen LogP contribution in [0, 0.1) is 6.92 Å². The van der Waals surface area contributed by atoms with Crippen LogP contribution in [0.3, 0.4) is 0 Å². The largest absolute Gasteiger partial charge is 0.402 e. The van der Waals surface area contributed by atoms with Crippen molar-refractivity contribution in [3.05, 3.63) is 54.4 Å². The van der Waals surface area contributed by atoms with Crippen LogP contribution in [0.25, 0.3) is 22.2 Å². The summed E-state index contributed by atoms with van der Waals surface area (Å²) in [5.74, 6) is 0.449. The van der Waals surface area contributed by atoms with E-state index in [4.69, 9.17) is 8.97 Å². The number of nitrogens with zero attached hydrogens (tertiary/aromatic N) is 1. The number of oxazole rings is 1. The van der Waals surface area contributed by atoms with Gasteiger partial charge in [-0.05, 0) is 17.2 Å². The van der Waals surface area contributed by atoms with Crippen LogP contribution < -0.4 is 4.57 Å². The predicted molar refractivity (Wildman–Crippen MR) is 87.6 cm³/mol. The molecule has 0 saturated carbocycles. The Morgan fingerprint density at radius 2 is 1.83 bits per heavy atom. The average Bonchev–Trinajstić information content (AvgIpc) is 2.82. The van der Waals surface area contributed by atoms with Gasteiger partial charge >= 0.3 is 5.89 Å². The molecule has 0 aliphatic heterocycles. The molecule has 0 fully saturated rings. The second kappa shape index (κ2) is 6.14. The van der Waals surface area contributed by atoms with Crippen molar-refractivity contribution in [1.29, 1.82) is 0 Å². The number of benzene rings is 2. The van der Waals surface area contributed by atoms with E-state index in [2.05, 4.69) is 0 Å². The van der Waals surface area contributed by atoms with Crippen LogP contribution in [0.15, 0.2) is 52.9 Å². The minimum absolute atomic E-state index is 0.259. The third kappa shape index (κ3) is 3.60. The van der Waals surface area contributed by atoms with Crippen LogP contribution >= 0.6 is 0 Å². The van der Waals surface area contributed by atoms with Gasteiger partial charge in [0, 0.05) is 12.5 Å². The molecule has 5 nitrogen and oxygen atoms in total. The first-order chi connectivity index (χ1) is 10.9. The average molecular weight is 332 g/mol. The lowest BCUT2D eigenvalue weighted by molar-refractivity contribution is -0.682. The molecule has 6 heteroatoms. The zero-order chi connectivity index (χ0) is 16.4. The molecule has 0 aliphatic carbocycles. The fraction of sp³-hybridized carbons (Fsp3) is 0.235. The summed E-state index contributed by atoms with van der Waals surface area (Å²) < 4.78 is 38.3. The molecular weight excluding hydrogens is 314 g/mol. The van der Waals surface area contributed by atoms with E-state index in [0.717, 1.165) is 22.2 Å². The van der Waals surface area contributed by atoms with Crippen LogP contribution in [-0.2, 0) is 16.7 Å². The minimum Gasteiger partial charge on any atom is -0.402 e. The molecule has 0 radical (unpaired) electrons. The van der Waals surface area contributed by atoms with Gasteiger partial charge in [0.15, 0.2) is 6.54 Å². The third-order valence-corrected chi connectivity index (χ3v) is 4.58. The Balaban J connectivity index is 1.96. The van der Waals surface area contributed by atoms with Crippen molar-refractivity contribution in [3.63, 3.8) is 0 Å². The molecule has 3 rings (SSSR count). The van der Waals surface area contributed by atoms with Crippen LogP contribution in [0.5, 0.6) is 0 Å². The van der Waals surface area contributed by atoms with E-state index in [0.29, 0.717) is 18.9 Å². The molecule has 2 aromatic carbocycles. The lowest BCUT2D eigenvalue weighted by Crippen LogP contribution is -2.36. The predicted octanol–water partition coefficient (Wildman–Crippen LogP) is 2.97. The zero-order valence-electron chi connectivity index (χ0n) is 12.8. The molecular formula is C17H18NO4S+. The van der Waals surface area contributed by atoms with E-state index in [1.165, 1.54) is 0 Å². The van der Waals surface area contributed by atoms with Gasteiger partial charge in [-0.1, -0.05) is 36.4 Å². The summed E-state index contributed by atoms with van der Waals surface area (Å²) in [6.07, 6.45) is 0.328. The van der Waals surface area contributed by atoms with Gasteiger partial charge in [0.2, 0.25) is 5.58 Å². The summed E-state index contributed by atoms with van der Waals surface area (Å²) in [7, 11) is -3.94. The minimum atomic E-state index is -3.94. The first-order valence-electron chi connectivity index (χ1n) is 7.37. The third-order valence-electron chi connectivity index (χ3n) is 3.78. The van der Waals surface area contributed by atoms with Gasteiger partial charge in [0.25, 0.3) is 15.6 Å². The molecule has 0 spiro atoms. The topological polar surface area (TPSA) is 71.4 Å². The number of aromatic nitrogens is 1. The molecule has 23 heavy (non-hydrogen) atoms. The van der Waals surface area contributed by atoms with Crippen LogP contribution in [0.2, 0.25) is 0 Å². The Bertz CT molecular complexity index is 930. The SMILES string of the molecule is Cc1oc2ccc(-c3ccccc3)cc2[n+]1CCCS(=O)(=O)O. The molecule has 0 saturated heterocycles. The highest BCUT2D eigenvalue weighted by atomic mass is 32.2. The highest BCUT2D eigenvalue weighted by molar-refractivity contribution is 7.85. The van der Waals surface area contributed by atoms with E-state index in [9.17, 15) is 8.42 Å². The van der Waals surface area contributed by atoms with Gasteiger partial charge in [-0.25, -0.2) is 0 Å². The summed E-state index contributed by atoms with van der Waals surface area (Å²) in [5.41, 5.74) is 3.85. The van der Waals surface area contributed by atoms with E-state index < -0.39 is 10.1 Å². The Kier molecular flexibility index (Phi) is 4.19. The first kappa shape index (κ1) is 15.7. The van der Waals surface area contributed by atoms with Crippen molar-refractivity contribution in [1.82, 2.24) is 0 Å². The maximum Gasteiger partial charge on any atom is 0.344 e. The molecule has 0 bridgehead atoms. The quantitative estimate of drug-likeness (QED) is 0.576. The summed E-state index contributed by atoms with van der Waals surface area (Å²) in [6.45, 7) is 2.31. The van der Waals surface area contributed by atoms with E-state index in [1.54, 1.807) is 0 Å².